The third kappa shape index (κ3) is 2.29. The number of benzene rings is 1. The van der Waals surface area contributed by atoms with Gasteiger partial charge in [0.25, 0.3) is 0 Å². The summed E-state index contributed by atoms with van der Waals surface area (Å²) in [6, 6.07) is 9.86. The van der Waals surface area contributed by atoms with Crippen LogP contribution in [0.2, 0.25) is 0 Å². The molecule has 4 nitrogen and oxygen atoms in total. The van der Waals surface area contributed by atoms with Crippen LogP contribution in [0.15, 0.2) is 42.7 Å². The summed E-state index contributed by atoms with van der Waals surface area (Å²) in [5.74, 6) is 0.822. The van der Waals surface area contributed by atoms with Crippen LogP contribution in [-0.2, 0) is 6.54 Å². The molecule has 1 atom stereocenters. The first-order valence-electron chi connectivity index (χ1n) is 6.66. The van der Waals surface area contributed by atoms with Gasteiger partial charge in [-0.25, -0.2) is 4.98 Å². The molecule has 1 aliphatic rings. The topological polar surface area (TPSA) is 58.3 Å². The molecule has 1 aromatic carbocycles. The van der Waals surface area contributed by atoms with Gasteiger partial charge < -0.3 is 14.8 Å². The predicted molar refractivity (Wildman–Crippen MR) is 72.5 cm³/mol. The van der Waals surface area contributed by atoms with Gasteiger partial charge in [0.2, 0.25) is 0 Å². The Balaban J connectivity index is 1.81. The summed E-state index contributed by atoms with van der Waals surface area (Å²) < 4.78 is 1.90. The second-order valence-electron chi connectivity index (χ2n) is 5.24. The molecular weight excluding hydrogens is 240 g/mol. The molecule has 1 fully saturated rings. The summed E-state index contributed by atoms with van der Waals surface area (Å²) in [7, 11) is 0. The molecule has 19 heavy (non-hydrogen) atoms. The largest absolute Gasteiger partial charge is 0.388 e. The first-order valence-corrected chi connectivity index (χ1v) is 6.66. The maximum Gasteiger partial charge on any atom is 0.139 e. The van der Waals surface area contributed by atoms with Crippen LogP contribution < -0.4 is 0 Å². The van der Waals surface area contributed by atoms with E-state index in [1.54, 1.807) is 6.20 Å². The van der Waals surface area contributed by atoms with Crippen molar-refractivity contribution in [3.05, 3.63) is 42.7 Å². The minimum atomic E-state index is -0.905. The third-order valence-electron chi connectivity index (χ3n) is 3.96. The molecule has 100 valence electrons. The highest BCUT2D eigenvalue weighted by Gasteiger charge is 2.41. The molecule has 1 aliphatic carbocycles. The predicted octanol–water partition coefficient (Wildman–Crippen LogP) is 1.83. The van der Waals surface area contributed by atoms with Gasteiger partial charge in [0.15, 0.2) is 0 Å². The molecule has 0 aliphatic heterocycles. The van der Waals surface area contributed by atoms with E-state index < -0.39 is 11.7 Å². The van der Waals surface area contributed by atoms with Crippen LogP contribution in [0.3, 0.4) is 0 Å². The Morgan fingerprint density at radius 2 is 2.00 bits per heavy atom. The molecule has 4 heteroatoms. The lowest BCUT2D eigenvalue weighted by atomic mass is 9.76. The molecule has 1 saturated carbocycles. The van der Waals surface area contributed by atoms with Crippen LogP contribution in [0, 0.1) is 0 Å². The number of nitrogens with zero attached hydrogens (tertiary/aromatic N) is 2. The Hall–Kier alpha value is -1.65. The van der Waals surface area contributed by atoms with Crippen molar-refractivity contribution in [3.63, 3.8) is 0 Å². The standard InChI is InChI=1S/C15H18N2O2/c18-13(15(19)7-4-8-15)11-17-10-9-16-14(17)12-5-2-1-3-6-12/h1-3,5-6,9-10,13,18-19H,4,7-8,11H2. The van der Waals surface area contributed by atoms with Crippen molar-refractivity contribution >= 4 is 0 Å². The van der Waals surface area contributed by atoms with E-state index >= 15 is 0 Å². The maximum absolute atomic E-state index is 10.2. The number of aliphatic hydroxyl groups excluding tert-OH is 1. The van der Waals surface area contributed by atoms with Crippen LogP contribution in [0.25, 0.3) is 11.4 Å². The number of aliphatic hydroxyl groups is 2. The highest BCUT2D eigenvalue weighted by Crippen LogP contribution is 2.35. The van der Waals surface area contributed by atoms with Crippen molar-refractivity contribution in [1.29, 1.82) is 0 Å². The van der Waals surface area contributed by atoms with Crippen molar-refractivity contribution in [1.82, 2.24) is 9.55 Å². The quantitative estimate of drug-likeness (QED) is 0.879. The molecule has 0 bridgehead atoms. The van der Waals surface area contributed by atoms with Gasteiger partial charge in [-0.05, 0) is 19.3 Å². The highest BCUT2D eigenvalue weighted by molar-refractivity contribution is 5.55. The summed E-state index contributed by atoms with van der Waals surface area (Å²) in [5, 5.41) is 20.3. The lowest BCUT2D eigenvalue weighted by Gasteiger charge is -2.40. The normalized spacial score (nSPS) is 18.8. The molecule has 2 N–H and O–H groups in total. The van der Waals surface area contributed by atoms with E-state index in [1.165, 1.54) is 0 Å². The van der Waals surface area contributed by atoms with E-state index in [1.807, 2.05) is 41.1 Å². The number of hydrogen-bond donors (Lipinski definition) is 2. The first kappa shape index (κ1) is 12.4. The fourth-order valence-electron chi connectivity index (χ4n) is 2.53. The zero-order valence-electron chi connectivity index (χ0n) is 10.7. The molecule has 2 aromatic rings. The Morgan fingerprint density at radius 1 is 1.26 bits per heavy atom. The maximum atomic E-state index is 10.2. The van der Waals surface area contributed by atoms with Crippen LogP contribution >= 0.6 is 0 Å². The molecule has 0 radical (unpaired) electrons. The number of aromatic nitrogens is 2. The van der Waals surface area contributed by atoms with Crippen molar-refractivity contribution in [2.75, 3.05) is 0 Å². The van der Waals surface area contributed by atoms with Gasteiger partial charge in [0.05, 0.1) is 12.1 Å². The molecule has 1 aromatic heterocycles. The Bertz CT molecular complexity index is 546. The van der Waals surface area contributed by atoms with Gasteiger partial charge >= 0.3 is 0 Å². The Morgan fingerprint density at radius 3 is 2.63 bits per heavy atom. The second-order valence-corrected chi connectivity index (χ2v) is 5.24. The molecular formula is C15H18N2O2. The molecule has 1 unspecified atom stereocenters. The Labute approximate surface area is 112 Å². The van der Waals surface area contributed by atoms with Crippen LogP contribution in [-0.4, -0.2) is 31.5 Å². The van der Waals surface area contributed by atoms with Gasteiger partial charge in [0.1, 0.15) is 11.9 Å². The van der Waals surface area contributed by atoms with E-state index in [4.69, 9.17) is 0 Å². The smallest absolute Gasteiger partial charge is 0.139 e. The molecule has 0 spiro atoms. The van der Waals surface area contributed by atoms with Crippen LogP contribution in [0.5, 0.6) is 0 Å². The average Bonchev–Trinajstić information content (AvgIpc) is 2.85. The Kier molecular flexibility index (Phi) is 3.12. The van der Waals surface area contributed by atoms with Gasteiger partial charge in [-0.15, -0.1) is 0 Å². The van der Waals surface area contributed by atoms with E-state index in [0.717, 1.165) is 17.8 Å². The molecule has 1 heterocycles. The number of rotatable bonds is 4. The lowest BCUT2D eigenvalue weighted by Crippen LogP contribution is -2.50. The fourth-order valence-corrected chi connectivity index (χ4v) is 2.53. The highest BCUT2D eigenvalue weighted by atomic mass is 16.3. The summed E-state index contributed by atoms with van der Waals surface area (Å²) >= 11 is 0. The first-order chi connectivity index (χ1) is 9.19. The minimum Gasteiger partial charge on any atom is -0.388 e. The molecule has 0 amide bonds. The summed E-state index contributed by atoms with van der Waals surface area (Å²) in [5.41, 5.74) is 0.110. The lowest BCUT2D eigenvalue weighted by molar-refractivity contribution is -0.130. The van der Waals surface area contributed by atoms with Gasteiger partial charge in [0, 0.05) is 18.0 Å². The average molecular weight is 258 g/mol. The monoisotopic (exact) mass is 258 g/mol. The zero-order valence-corrected chi connectivity index (χ0v) is 10.7. The second kappa shape index (κ2) is 4.79. The minimum absolute atomic E-state index is 0.376. The summed E-state index contributed by atoms with van der Waals surface area (Å²) in [4.78, 5) is 4.34. The summed E-state index contributed by atoms with van der Waals surface area (Å²) in [6.07, 6.45) is 5.18. The van der Waals surface area contributed by atoms with Crippen molar-refractivity contribution in [2.45, 2.75) is 37.5 Å². The SMILES string of the molecule is OC(Cn1ccnc1-c1ccccc1)C1(O)CCC1. The van der Waals surface area contributed by atoms with E-state index in [9.17, 15) is 10.2 Å². The van der Waals surface area contributed by atoms with Crippen LogP contribution in [0.4, 0.5) is 0 Å². The van der Waals surface area contributed by atoms with E-state index in [-0.39, 0.29) is 0 Å². The molecule has 0 saturated heterocycles. The number of hydrogen-bond acceptors (Lipinski definition) is 3. The van der Waals surface area contributed by atoms with Crippen molar-refractivity contribution in [3.8, 4) is 11.4 Å². The fraction of sp³-hybridized carbons (Fsp3) is 0.400. The van der Waals surface area contributed by atoms with Crippen molar-refractivity contribution < 1.29 is 10.2 Å². The summed E-state index contributed by atoms with van der Waals surface area (Å²) in [6.45, 7) is 0.376. The van der Waals surface area contributed by atoms with Gasteiger partial charge in [-0.2, -0.15) is 0 Å². The van der Waals surface area contributed by atoms with Crippen molar-refractivity contribution in [2.24, 2.45) is 0 Å². The zero-order chi connectivity index (χ0) is 13.3. The van der Waals surface area contributed by atoms with E-state index in [2.05, 4.69) is 4.98 Å². The van der Waals surface area contributed by atoms with Gasteiger partial charge in [-0.1, -0.05) is 30.3 Å². The number of imidazole rings is 1. The van der Waals surface area contributed by atoms with Crippen LogP contribution in [0.1, 0.15) is 19.3 Å². The van der Waals surface area contributed by atoms with Gasteiger partial charge in [-0.3, -0.25) is 0 Å². The molecule has 3 rings (SSSR count). The third-order valence-corrected chi connectivity index (χ3v) is 3.96. The van der Waals surface area contributed by atoms with E-state index in [0.29, 0.717) is 19.4 Å².